The maximum absolute atomic E-state index is 13.2. The third-order valence-corrected chi connectivity index (χ3v) is 7.40. The molecule has 1 saturated heterocycles. The van der Waals surface area contributed by atoms with Crippen molar-refractivity contribution in [2.45, 2.75) is 76.8 Å². The number of morpholine rings is 1. The fraction of sp³-hybridized carbons (Fsp3) is 0.625. The molecule has 0 radical (unpaired) electrons. The molecule has 3 aliphatic rings. The van der Waals surface area contributed by atoms with E-state index in [0.717, 1.165) is 29.8 Å². The van der Waals surface area contributed by atoms with Crippen molar-refractivity contribution >= 4 is 17.1 Å². The summed E-state index contributed by atoms with van der Waals surface area (Å²) in [7, 11) is 0. The third kappa shape index (κ3) is 4.23. The minimum atomic E-state index is -4.18. The molecule has 4 heterocycles. The van der Waals surface area contributed by atoms with E-state index >= 15 is 0 Å². The quantitative estimate of drug-likeness (QED) is 0.532. The van der Waals surface area contributed by atoms with E-state index in [1.54, 1.807) is 0 Å². The highest BCUT2D eigenvalue weighted by Crippen LogP contribution is 2.50. The summed E-state index contributed by atoms with van der Waals surface area (Å²) in [4.78, 5) is 20.8. The number of halogens is 3. The van der Waals surface area contributed by atoms with Gasteiger partial charge in [0.25, 0.3) is 0 Å². The highest BCUT2D eigenvalue weighted by molar-refractivity contribution is 5.75. The first-order valence-corrected chi connectivity index (χ1v) is 12.2. The Morgan fingerprint density at radius 3 is 2.46 bits per heavy atom. The fourth-order valence-electron chi connectivity index (χ4n) is 5.01. The van der Waals surface area contributed by atoms with Gasteiger partial charge in [0.15, 0.2) is 5.65 Å². The van der Waals surface area contributed by atoms with Gasteiger partial charge in [-0.05, 0) is 46.5 Å². The van der Waals surface area contributed by atoms with Crippen LogP contribution in [0.1, 0.15) is 73.3 Å². The van der Waals surface area contributed by atoms with Crippen LogP contribution in [-0.2, 0) is 4.74 Å². The molecule has 0 unspecified atom stereocenters. The Balaban J connectivity index is 1.34. The van der Waals surface area contributed by atoms with Crippen LogP contribution in [0, 0.1) is 19.8 Å². The van der Waals surface area contributed by atoms with Gasteiger partial charge >= 0.3 is 6.18 Å². The molecule has 8 nitrogen and oxygen atoms in total. The number of fused-ring (bicyclic) bond motifs is 1. The number of ether oxygens (including phenoxy) is 1. The van der Waals surface area contributed by atoms with Crippen LogP contribution in [-0.4, -0.2) is 55.1 Å². The van der Waals surface area contributed by atoms with Gasteiger partial charge in [-0.15, -0.1) is 0 Å². The largest absolute Gasteiger partial charge is 0.391 e. The van der Waals surface area contributed by atoms with Crippen molar-refractivity contribution in [2.24, 2.45) is 5.92 Å². The molecular weight excluding hydrogens is 459 g/mol. The monoisotopic (exact) mass is 487 g/mol. The summed E-state index contributed by atoms with van der Waals surface area (Å²) < 4.78 is 47.8. The number of hydrogen-bond acceptors (Lipinski definition) is 7. The van der Waals surface area contributed by atoms with Gasteiger partial charge in [0.1, 0.15) is 11.6 Å². The van der Waals surface area contributed by atoms with Crippen LogP contribution in [0.25, 0.3) is 11.2 Å². The number of nitrogens with zero attached hydrogens (tertiary/aromatic N) is 7. The maximum Gasteiger partial charge on any atom is 0.391 e. The molecule has 35 heavy (non-hydrogen) atoms. The second kappa shape index (κ2) is 8.11. The Morgan fingerprint density at radius 2 is 1.74 bits per heavy atom. The van der Waals surface area contributed by atoms with Crippen LogP contribution >= 0.6 is 0 Å². The topological polar surface area (TPSA) is 81.9 Å². The van der Waals surface area contributed by atoms with Crippen LogP contribution in [0.3, 0.4) is 0 Å². The number of alkyl halides is 3. The lowest BCUT2D eigenvalue weighted by Gasteiger charge is -2.38. The van der Waals surface area contributed by atoms with Crippen molar-refractivity contribution in [3.05, 3.63) is 35.0 Å². The van der Waals surface area contributed by atoms with Crippen LogP contribution in [0.15, 0.2) is 12.4 Å². The Bertz CT molecular complexity index is 1270. The third-order valence-electron chi connectivity index (χ3n) is 7.40. The average molecular weight is 488 g/mol. The first-order chi connectivity index (χ1) is 16.7. The van der Waals surface area contributed by atoms with Gasteiger partial charge in [0, 0.05) is 24.2 Å². The zero-order valence-electron chi connectivity index (χ0n) is 20.0. The number of hydrogen-bond donors (Lipinski definition) is 0. The van der Waals surface area contributed by atoms with E-state index in [2.05, 4.69) is 21.3 Å². The zero-order chi connectivity index (χ0) is 24.5. The first kappa shape index (κ1) is 22.6. The van der Waals surface area contributed by atoms with E-state index in [4.69, 9.17) is 14.7 Å². The Hall–Kier alpha value is -2.82. The van der Waals surface area contributed by atoms with Gasteiger partial charge < -0.3 is 9.64 Å². The van der Waals surface area contributed by atoms with E-state index in [9.17, 15) is 13.2 Å². The van der Waals surface area contributed by atoms with Gasteiger partial charge in [-0.2, -0.15) is 23.3 Å². The summed E-state index contributed by atoms with van der Waals surface area (Å²) >= 11 is 0. The van der Waals surface area contributed by atoms with Gasteiger partial charge in [0.2, 0.25) is 5.95 Å². The van der Waals surface area contributed by atoms with Crippen LogP contribution in [0.5, 0.6) is 0 Å². The summed E-state index contributed by atoms with van der Waals surface area (Å²) in [5, 5.41) is 4.49. The molecule has 0 amide bonds. The van der Waals surface area contributed by atoms with Crippen molar-refractivity contribution in [1.29, 1.82) is 0 Å². The predicted octanol–water partition coefficient (Wildman–Crippen LogP) is 4.59. The standard InChI is InChI=1S/C24H28F3N7O/c1-12-9-33(11-19(35-12)16-8-28-34(10-16)18-4-5-18)23-31-20(15-6-17(7-15)24(25,26)27)21-22(32-23)30-14(3)13(2)29-21/h8,10,12,15,17-19H,4-7,9,11H2,1-3H3/t12-,15?,17?,19-/m1/s1. The summed E-state index contributed by atoms with van der Waals surface area (Å²) in [6.07, 6.45) is 1.79. The zero-order valence-corrected chi connectivity index (χ0v) is 20.0. The van der Waals surface area contributed by atoms with E-state index in [0.29, 0.717) is 41.9 Å². The Labute approximate surface area is 200 Å². The average Bonchev–Trinajstić information content (AvgIpc) is 3.48. The van der Waals surface area contributed by atoms with E-state index in [1.807, 2.05) is 36.5 Å². The van der Waals surface area contributed by atoms with Gasteiger partial charge in [-0.25, -0.2) is 15.0 Å². The Morgan fingerprint density at radius 1 is 1.00 bits per heavy atom. The van der Waals surface area contributed by atoms with Crippen molar-refractivity contribution in [1.82, 2.24) is 29.7 Å². The molecule has 0 N–H and O–H groups in total. The van der Waals surface area contributed by atoms with Crippen molar-refractivity contribution in [3.63, 3.8) is 0 Å². The minimum absolute atomic E-state index is 0.0200. The molecule has 6 rings (SSSR count). The lowest BCUT2D eigenvalue weighted by atomic mass is 9.72. The van der Waals surface area contributed by atoms with Crippen molar-refractivity contribution < 1.29 is 17.9 Å². The van der Waals surface area contributed by atoms with Crippen molar-refractivity contribution in [2.75, 3.05) is 18.0 Å². The van der Waals surface area contributed by atoms with Crippen molar-refractivity contribution in [3.8, 4) is 0 Å². The minimum Gasteiger partial charge on any atom is -0.367 e. The van der Waals surface area contributed by atoms with Gasteiger partial charge in [0.05, 0.1) is 47.9 Å². The smallest absolute Gasteiger partial charge is 0.367 e. The first-order valence-electron chi connectivity index (χ1n) is 12.2. The van der Waals surface area contributed by atoms with E-state index in [1.165, 1.54) is 0 Å². The molecule has 2 atom stereocenters. The van der Waals surface area contributed by atoms with Crippen LogP contribution in [0.4, 0.5) is 19.1 Å². The molecule has 11 heteroatoms. The molecule has 3 fully saturated rings. The molecule has 2 aliphatic carbocycles. The Kier molecular flexibility index (Phi) is 5.24. The molecule has 0 aromatic carbocycles. The summed E-state index contributed by atoms with van der Waals surface area (Å²) in [6, 6.07) is 0.487. The number of aromatic nitrogens is 6. The lowest BCUT2D eigenvalue weighted by molar-refractivity contribution is -0.197. The van der Waals surface area contributed by atoms with E-state index < -0.39 is 12.1 Å². The lowest BCUT2D eigenvalue weighted by Crippen LogP contribution is -2.44. The summed E-state index contributed by atoms with van der Waals surface area (Å²) in [5.74, 6) is -1.14. The van der Waals surface area contributed by atoms with Gasteiger partial charge in [-0.3, -0.25) is 4.68 Å². The maximum atomic E-state index is 13.2. The summed E-state index contributed by atoms with van der Waals surface area (Å²) in [6.45, 7) is 6.80. The van der Waals surface area contributed by atoms with Crippen LogP contribution in [0.2, 0.25) is 0 Å². The number of aryl methyl sites for hydroxylation is 2. The number of rotatable bonds is 4. The molecule has 1 aliphatic heterocycles. The second-order valence-corrected chi connectivity index (χ2v) is 10.2. The van der Waals surface area contributed by atoms with Crippen LogP contribution < -0.4 is 4.90 Å². The predicted molar refractivity (Wildman–Crippen MR) is 122 cm³/mol. The fourth-order valence-corrected chi connectivity index (χ4v) is 5.01. The highest BCUT2D eigenvalue weighted by atomic mass is 19.4. The molecule has 3 aromatic heterocycles. The molecule has 0 spiro atoms. The SMILES string of the molecule is Cc1nc2nc(N3C[C@@H](C)O[C@@H](c4cnn(C5CC5)c4)C3)nc(C3CC(C(F)(F)F)C3)c2nc1C. The molecule has 186 valence electrons. The highest BCUT2D eigenvalue weighted by Gasteiger charge is 2.49. The molecular formula is C24H28F3N7O. The number of anilines is 1. The normalized spacial score (nSPS) is 27.3. The molecule has 3 aromatic rings. The second-order valence-electron chi connectivity index (χ2n) is 10.2. The molecule has 0 bridgehead atoms. The molecule has 2 saturated carbocycles. The summed E-state index contributed by atoms with van der Waals surface area (Å²) in [5.41, 5.74) is 3.99. The van der Waals surface area contributed by atoms with Gasteiger partial charge in [-0.1, -0.05) is 0 Å². The van der Waals surface area contributed by atoms with E-state index in [-0.39, 0.29) is 31.0 Å².